The minimum Gasteiger partial charge on any atom is -0.346 e. The van der Waals surface area contributed by atoms with E-state index in [2.05, 4.69) is 31.8 Å². The number of nitrogens with zero attached hydrogens (tertiary/aromatic N) is 1. The van der Waals surface area contributed by atoms with Gasteiger partial charge in [-0.1, -0.05) is 41.0 Å². The minimum atomic E-state index is -4.51. The molecule has 3 aromatic carbocycles. The zero-order chi connectivity index (χ0) is 27.1. The molecule has 0 heterocycles. The van der Waals surface area contributed by atoms with Gasteiger partial charge in [-0.25, -0.2) is 0 Å². The summed E-state index contributed by atoms with van der Waals surface area (Å²) in [5.74, 6) is -0.355. The van der Waals surface area contributed by atoms with E-state index in [0.29, 0.717) is 0 Å². The summed E-state index contributed by atoms with van der Waals surface area (Å²) in [6.07, 6.45) is -1.95. The number of benzene rings is 3. The molecule has 0 aromatic heterocycles. The first-order valence-corrected chi connectivity index (χ1v) is 14.4. The molecule has 0 saturated heterocycles. The van der Waals surface area contributed by atoms with Crippen LogP contribution in [0.25, 0.3) is 0 Å². The number of amides is 1. The van der Waals surface area contributed by atoms with E-state index in [1.54, 1.807) is 0 Å². The highest BCUT2D eigenvalue weighted by molar-refractivity contribution is 8.12. The normalized spacial score (nSPS) is 22.9. The fourth-order valence-electron chi connectivity index (χ4n) is 5.65. The smallest absolute Gasteiger partial charge is 0.346 e. The van der Waals surface area contributed by atoms with Gasteiger partial charge in [-0.2, -0.15) is 13.2 Å². The molecule has 0 radical (unpaired) electrons. The molecule has 1 atom stereocenters. The number of carbonyl (C=O) groups excluding carboxylic acids is 1. The van der Waals surface area contributed by atoms with Gasteiger partial charge in [0.05, 0.1) is 16.8 Å². The van der Waals surface area contributed by atoms with E-state index in [9.17, 15) is 18.0 Å². The average molecular weight is 558 g/mol. The van der Waals surface area contributed by atoms with Crippen LogP contribution in [0.2, 0.25) is 0 Å². The van der Waals surface area contributed by atoms with Gasteiger partial charge in [0, 0.05) is 20.7 Å². The molecule has 0 spiro atoms. The van der Waals surface area contributed by atoms with Gasteiger partial charge in [0.2, 0.25) is 0 Å². The van der Waals surface area contributed by atoms with Crippen molar-refractivity contribution >= 4 is 39.6 Å². The Labute approximate surface area is 228 Å². The van der Waals surface area contributed by atoms with Crippen LogP contribution in [0.3, 0.4) is 0 Å². The third-order valence-electron chi connectivity index (χ3n) is 7.35. The Hall–Kier alpha value is -2.75. The molecule has 9 heteroatoms. The molecule has 3 saturated carbocycles. The molecule has 1 unspecified atom stereocenters. The summed E-state index contributed by atoms with van der Waals surface area (Å²) in [6.45, 7) is 2.02. The van der Waals surface area contributed by atoms with E-state index in [1.807, 2.05) is 63.5 Å². The summed E-state index contributed by atoms with van der Waals surface area (Å²) >= 11 is 1.19. The van der Waals surface area contributed by atoms with Crippen molar-refractivity contribution in [2.75, 3.05) is 18.8 Å². The van der Waals surface area contributed by atoms with Gasteiger partial charge in [0.15, 0.2) is 0 Å². The largest absolute Gasteiger partial charge is 0.416 e. The summed E-state index contributed by atoms with van der Waals surface area (Å²) < 4.78 is 45.6. The third-order valence-corrected chi connectivity index (χ3v) is 10.2. The molecule has 3 aliphatic rings. The van der Waals surface area contributed by atoms with Crippen molar-refractivity contribution in [1.82, 2.24) is 9.62 Å². The maximum atomic E-state index is 13.5. The van der Waals surface area contributed by atoms with Crippen LogP contribution >= 0.6 is 22.6 Å². The third kappa shape index (κ3) is 5.11. The summed E-state index contributed by atoms with van der Waals surface area (Å²) in [5, 5.41) is 5.25. The summed E-state index contributed by atoms with van der Waals surface area (Å²) in [7, 11) is 3.90. The zero-order valence-corrected chi connectivity index (χ0v) is 23.1. The van der Waals surface area contributed by atoms with Crippen LogP contribution in [0.5, 0.6) is 0 Å². The summed E-state index contributed by atoms with van der Waals surface area (Å²) in [5.41, 5.74) is 0.662. The number of nitrogens with one attached hydrogen (secondary N) is 2. The summed E-state index contributed by atoms with van der Waals surface area (Å²) in [6, 6.07) is 21.4. The lowest BCUT2D eigenvalue weighted by molar-refractivity contribution is -0.137. The predicted molar refractivity (Wildman–Crippen MR) is 151 cm³/mol. The molecule has 2 bridgehead atoms. The lowest BCUT2D eigenvalue weighted by Gasteiger charge is -2.71. The Morgan fingerprint density at radius 2 is 1.66 bits per heavy atom. The van der Waals surface area contributed by atoms with Crippen molar-refractivity contribution in [3.8, 4) is 0 Å². The van der Waals surface area contributed by atoms with E-state index in [0.717, 1.165) is 41.2 Å². The molecule has 6 rings (SSSR count). The molecule has 38 heavy (non-hydrogen) atoms. The number of carbonyl (C=O) groups is 1. The van der Waals surface area contributed by atoms with Crippen LogP contribution in [0.4, 0.5) is 18.9 Å². The van der Waals surface area contributed by atoms with Gasteiger partial charge >= 0.3 is 6.18 Å². The van der Waals surface area contributed by atoms with Crippen LogP contribution in [-0.4, -0.2) is 35.2 Å². The van der Waals surface area contributed by atoms with Crippen LogP contribution in [0.15, 0.2) is 82.6 Å². The second-order valence-corrected chi connectivity index (χ2v) is 13.4. The molecule has 3 aliphatic carbocycles. The van der Waals surface area contributed by atoms with Gasteiger partial charge in [-0.15, -0.1) is 0 Å². The van der Waals surface area contributed by atoms with Crippen molar-refractivity contribution in [3.63, 3.8) is 0 Å². The van der Waals surface area contributed by atoms with Crippen molar-refractivity contribution < 1.29 is 18.0 Å². The second kappa shape index (κ2) is 10.1. The first kappa shape index (κ1) is 26.8. The minimum absolute atomic E-state index is 0.111. The Kier molecular flexibility index (Phi) is 7.13. The van der Waals surface area contributed by atoms with Gasteiger partial charge < -0.3 is 10.0 Å². The van der Waals surface area contributed by atoms with Crippen molar-refractivity contribution in [2.45, 2.75) is 53.1 Å². The highest BCUT2D eigenvalue weighted by Gasteiger charge is 2.68. The molecule has 0 aliphatic heterocycles. The Bertz CT molecular complexity index is 1350. The summed E-state index contributed by atoms with van der Waals surface area (Å²) in [4.78, 5) is 15.3. The van der Waals surface area contributed by atoms with Crippen LogP contribution in [0.1, 0.15) is 47.7 Å². The lowest BCUT2D eigenvalue weighted by Crippen LogP contribution is -2.76. The molecular formula is C29H30F3N3OS2. The van der Waals surface area contributed by atoms with Gasteiger partial charge in [-0.05, 0) is 106 Å². The topological polar surface area (TPSA) is 44.4 Å². The fourth-order valence-corrected chi connectivity index (χ4v) is 7.85. The highest BCUT2D eigenvalue weighted by atomic mass is 32.2. The standard InChI is InChI=1S/C29H30F3N3OS2/c1-4-38(35(2)3)23-13-11-22(12-14-23)37-34-25-16-21(29(30,31)32)10-15-24(25)26(36)33-28-17-27(18-28,19-28)20-8-6-5-7-9-20/h4-16,34H,17-19H2,1-3H3,(H,33,36). The number of rotatable bonds is 8. The highest BCUT2D eigenvalue weighted by Crippen LogP contribution is 2.67. The molecule has 200 valence electrons. The quantitative estimate of drug-likeness (QED) is 0.224. The average Bonchev–Trinajstić information content (AvgIpc) is 2.84. The monoisotopic (exact) mass is 557 g/mol. The Morgan fingerprint density at radius 3 is 2.24 bits per heavy atom. The van der Waals surface area contributed by atoms with Crippen molar-refractivity contribution in [2.24, 2.45) is 0 Å². The Morgan fingerprint density at radius 1 is 1.00 bits per heavy atom. The number of alkyl halides is 3. The van der Waals surface area contributed by atoms with Crippen molar-refractivity contribution in [1.29, 1.82) is 0 Å². The molecule has 3 aromatic rings. The predicted octanol–water partition coefficient (Wildman–Crippen LogP) is 7.36. The zero-order valence-electron chi connectivity index (χ0n) is 21.4. The fraction of sp³-hybridized carbons (Fsp3) is 0.310. The van der Waals surface area contributed by atoms with Crippen molar-refractivity contribution in [3.05, 3.63) is 89.5 Å². The second-order valence-electron chi connectivity index (χ2n) is 10.2. The van der Waals surface area contributed by atoms with E-state index in [4.69, 9.17) is 0 Å². The number of hydrogen-bond donors (Lipinski definition) is 2. The maximum absolute atomic E-state index is 13.5. The molecule has 4 nitrogen and oxygen atoms in total. The first-order valence-electron chi connectivity index (χ1n) is 12.4. The van der Waals surface area contributed by atoms with E-state index < -0.39 is 11.7 Å². The molecule has 1 amide bonds. The molecule has 3 fully saturated rings. The van der Waals surface area contributed by atoms with E-state index >= 15 is 0 Å². The SMILES string of the molecule is C/C=S(/c1ccc(SNc2cc(C(F)(F)F)ccc2C(=O)NC23CC(c4ccccc4)(C2)C3)cc1)N(C)C. The van der Waals surface area contributed by atoms with E-state index in [-0.39, 0.29) is 38.8 Å². The van der Waals surface area contributed by atoms with Crippen LogP contribution < -0.4 is 10.0 Å². The molecular weight excluding hydrogens is 527 g/mol. The lowest BCUT2D eigenvalue weighted by atomic mass is 9.37. The Balaban J connectivity index is 1.31. The maximum Gasteiger partial charge on any atom is 0.416 e. The number of halogens is 3. The van der Waals surface area contributed by atoms with Gasteiger partial charge in [0.25, 0.3) is 5.91 Å². The van der Waals surface area contributed by atoms with Gasteiger partial charge in [0.1, 0.15) is 0 Å². The number of hydrogen-bond acceptors (Lipinski definition) is 4. The molecule has 2 N–H and O–H groups in total. The van der Waals surface area contributed by atoms with Gasteiger partial charge in [-0.3, -0.25) is 9.10 Å². The van der Waals surface area contributed by atoms with Crippen LogP contribution in [-0.2, 0) is 11.6 Å². The first-order chi connectivity index (χ1) is 18.0. The van der Waals surface area contributed by atoms with E-state index in [1.165, 1.54) is 23.6 Å². The van der Waals surface area contributed by atoms with Crippen LogP contribution in [0, 0.1) is 0 Å². The number of anilines is 1.